The number of carboxylic acid groups (broad SMARTS) is 4. The second-order valence-electron chi connectivity index (χ2n) is 8.75. The number of carbonyl (C=O) groups excluding carboxylic acids is 6. The van der Waals surface area contributed by atoms with Gasteiger partial charge in [-0.3, -0.25) is 9.59 Å². The zero-order valence-electron chi connectivity index (χ0n) is 26.3. The molecule has 0 saturated heterocycles. The molecule has 2 amide bonds. The minimum Gasteiger partial charge on any atom is -0.545 e. The fourth-order valence-electron chi connectivity index (χ4n) is 2.30. The quantitative estimate of drug-likeness (QED) is 0.184. The van der Waals surface area contributed by atoms with Crippen LogP contribution in [0.25, 0.3) is 0 Å². The monoisotopic (exact) mass is 756 g/mol. The molecule has 12 nitrogen and oxygen atoms in total. The van der Waals surface area contributed by atoms with Crippen LogP contribution in [-0.2, 0) is 43.7 Å². The van der Waals surface area contributed by atoms with E-state index in [1.54, 1.807) is 101 Å². The van der Waals surface area contributed by atoms with Crippen molar-refractivity contribution in [3.63, 3.8) is 0 Å². The number of amides is 2. The van der Waals surface area contributed by atoms with Gasteiger partial charge in [-0.15, -0.1) is 0 Å². The van der Waals surface area contributed by atoms with Gasteiger partial charge in [0.1, 0.15) is 0 Å². The number of hydrogen-bond donors (Lipinski definition) is 0. The molecule has 4 rings (SSSR count). The van der Waals surface area contributed by atoms with Crippen molar-refractivity contribution >= 4 is 36.7 Å². The minimum absolute atomic E-state index is 0. The first-order chi connectivity index (χ1) is 21.8. The molecule has 0 atom stereocenters. The Morgan fingerprint density at radius 1 is 0.396 bits per heavy atom. The van der Waals surface area contributed by atoms with Crippen LogP contribution in [0.3, 0.4) is 0 Å². The maximum Gasteiger partial charge on any atom is 2.00 e. The Balaban J connectivity index is -0.000000244. The first-order valence-electron chi connectivity index (χ1n) is 13.1. The molecule has 4 aromatic rings. The molecule has 0 heterocycles. The summed E-state index contributed by atoms with van der Waals surface area (Å²) in [5.74, 6) is -4.52. The Labute approximate surface area is 300 Å². The van der Waals surface area contributed by atoms with Gasteiger partial charge >= 0.3 is 34.1 Å². The van der Waals surface area contributed by atoms with Crippen molar-refractivity contribution < 1.29 is 83.3 Å². The van der Waals surface area contributed by atoms with E-state index in [2.05, 4.69) is 0 Å². The maximum absolute atomic E-state index is 10.1. The molecule has 0 saturated carbocycles. The van der Waals surface area contributed by atoms with Crippen LogP contribution in [0.2, 0.25) is 0 Å². The van der Waals surface area contributed by atoms with Crippen molar-refractivity contribution in [3.05, 3.63) is 144 Å². The Bertz CT molecular complexity index is 1220. The molecule has 262 valence electrons. The van der Waals surface area contributed by atoms with Crippen molar-refractivity contribution in [1.29, 1.82) is 0 Å². The fourth-order valence-corrected chi connectivity index (χ4v) is 2.30. The molecule has 0 aliphatic carbocycles. The van der Waals surface area contributed by atoms with E-state index in [-0.39, 0.29) is 56.4 Å². The maximum atomic E-state index is 10.1. The van der Waals surface area contributed by atoms with Crippen molar-refractivity contribution in [1.82, 2.24) is 9.80 Å². The summed E-state index contributed by atoms with van der Waals surface area (Å²) in [7, 11) is 6.75. The second kappa shape index (κ2) is 31.7. The molecule has 0 aliphatic rings. The van der Waals surface area contributed by atoms with Gasteiger partial charge in [-0.1, -0.05) is 121 Å². The molecule has 14 heteroatoms. The molecule has 0 N–H and O–H groups in total. The van der Waals surface area contributed by atoms with Gasteiger partial charge in [-0.25, -0.2) is 0 Å². The summed E-state index contributed by atoms with van der Waals surface area (Å²) in [6.07, 6.45) is 1.50. The summed E-state index contributed by atoms with van der Waals surface area (Å²) in [5, 5.41) is 40.4. The summed E-state index contributed by atoms with van der Waals surface area (Å²) in [4.78, 5) is 62.1. The minimum atomic E-state index is -1.13. The Kier molecular flexibility index (Phi) is 32.8. The van der Waals surface area contributed by atoms with Gasteiger partial charge in [-0.05, 0) is 22.3 Å². The van der Waals surface area contributed by atoms with Gasteiger partial charge in [0.2, 0.25) is 12.8 Å². The number of hydrogen-bond acceptors (Lipinski definition) is 10. The molecule has 0 spiro atoms. The first-order valence-corrected chi connectivity index (χ1v) is 13.1. The van der Waals surface area contributed by atoms with E-state index in [1.807, 2.05) is 0 Å². The van der Waals surface area contributed by atoms with Crippen LogP contribution >= 0.6 is 0 Å². The Morgan fingerprint density at radius 3 is 0.583 bits per heavy atom. The molecular weight excluding hydrogens is 723 g/mol. The molecule has 0 fully saturated rings. The van der Waals surface area contributed by atoms with Crippen molar-refractivity contribution in [2.24, 2.45) is 0 Å². The van der Waals surface area contributed by atoms with E-state index < -0.39 is 23.9 Å². The third-order valence-corrected chi connectivity index (χ3v) is 4.46. The molecule has 0 aliphatic heterocycles. The SMILES string of the molecule is CN(C)C=O.CN(C)C=O.O=C([O-])c1ccccc1.O=C([O-])c1ccccc1.O=C([O-])c1ccccc1.O=C([O-])c1ccccc1.[Cu+2].[Cu+2]. The Hall–Kier alpha value is -5.26. The average Bonchev–Trinajstić information content (AvgIpc) is 3.07. The van der Waals surface area contributed by atoms with Crippen molar-refractivity contribution in [2.75, 3.05) is 28.2 Å². The predicted molar refractivity (Wildman–Crippen MR) is 163 cm³/mol. The van der Waals surface area contributed by atoms with Crippen LogP contribution in [0.1, 0.15) is 41.4 Å². The van der Waals surface area contributed by atoms with Crippen LogP contribution in [0, 0.1) is 0 Å². The number of carbonyl (C=O) groups is 6. The zero-order chi connectivity index (χ0) is 35.3. The summed E-state index contributed by atoms with van der Waals surface area (Å²) in [6.45, 7) is 0. The number of nitrogens with zero attached hydrogens (tertiary/aromatic N) is 2. The second-order valence-corrected chi connectivity index (χ2v) is 8.75. The molecule has 2 radical (unpaired) electrons. The van der Waals surface area contributed by atoms with Crippen LogP contribution in [0.4, 0.5) is 0 Å². The molecule has 48 heavy (non-hydrogen) atoms. The molecule has 0 unspecified atom stereocenters. The van der Waals surface area contributed by atoms with Crippen LogP contribution in [0.5, 0.6) is 0 Å². The number of aromatic carboxylic acids is 4. The number of carboxylic acids is 4. The van der Waals surface area contributed by atoms with E-state index in [0.717, 1.165) is 12.8 Å². The van der Waals surface area contributed by atoms with Gasteiger partial charge in [0.25, 0.3) is 0 Å². The summed E-state index contributed by atoms with van der Waals surface area (Å²) >= 11 is 0. The first kappa shape index (κ1) is 49.6. The molecule has 0 aromatic heterocycles. The van der Waals surface area contributed by atoms with Crippen molar-refractivity contribution in [3.8, 4) is 0 Å². The molecular formula is C34H34Cu2N2O10. The van der Waals surface area contributed by atoms with Gasteiger partial charge in [-0.2, -0.15) is 0 Å². The Morgan fingerprint density at radius 2 is 0.521 bits per heavy atom. The van der Waals surface area contributed by atoms with Gasteiger partial charge in [0, 0.05) is 28.2 Å². The van der Waals surface area contributed by atoms with Crippen LogP contribution < -0.4 is 20.4 Å². The standard InChI is InChI=1S/4C7H6O2.2C3H7NO.2Cu/c4*8-7(9)6-4-2-1-3-5-6;2*1-4(2)3-5;;/h4*1-5H,(H,8,9);2*3H,1-2H3;;/q;;;;;;2*+2/p-4. The fraction of sp³-hybridized carbons (Fsp3) is 0.118. The summed E-state index contributed by atoms with van der Waals surface area (Å²) in [5.41, 5.74) is 0.880. The molecule has 0 bridgehead atoms. The van der Waals surface area contributed by atoms with Gasteiger partial charge in [0.15, 0.2) is 0 Å². The van der Waals surface area contributed by atoms with E-state index in [0.29, 0.717) is 0 Å². The topological polar surface area (TPSA) is 201 Å². The predicted octanol–water partition coefficient (Wildman–Crippen LogP) is -0.396. The normalized spacial score (nSPS) is 8.08. The molecule has 4 aromatic carbocycles. The largest absolute Gasteiger partial charge is 2.00 e. The average molecular weight is 758 g/mol. The third-order valence-electron chi connectivity index (χ3n) is 4.46. The van der Waals surface area contributed by atoms with E-state index in [1.165, 1.54) is 58.3 Å². The smallest absolute Gasteiger partial charge is 0.545 e. The summed E-state index contributed by atoms with van der Waals surface area (Å²) in [6, 6.07) is 32.3. The third kappa shape index (κ3) is 29.4. The van der Waals surface area contributed by atoms with Gasteiger partial charge < -0.3 is 49.4 Å². The van der Waals surface area contributed by atoms with E-state index in [9.17, 15) is 49.2 Å². The number of rotatable bonds is 6. The van der Waals surface area contributed by atoms with E-state index >= 15 is 0 Å². The van der Waals surface area contributed by atoms with Crippen molar-refractivity contribution in [2.45, 2.75) is 0 Å². The van der Waals surface area contributed by atoms with Crippen LogP contribution in [0.15, 0.2) is 121 Å². The summed E-state index contributed by atoms with van der Waals surface area (Å²) < 4.78 is 0. The number of benzene rings is 4. The van der Waals surface area contributed by atoms with Gasteiger partial charge in [0.05, 0.1) is 23.9 Å². The van der Waals surface area contributed by atoms with Crippen LogP contribution in [-0.4, -0.2) is 74.7 Å². The van der Waals surface area contributed by atoms with E-state index in [4.69, 9.17) is 0 Å². The zero-order valence-corrected chi connectivity index (χ0v) is 28.2.